The van der Waals surface area contributed by atoms with Crippen LogP contribution < -0.4 is 15.0 Å². The quantitative estimate of drug-likeness (QED) is 0.733. The topological polar surface area (TPSA) is 79.0 Å². The Morgan fingerprint density at radius 3 is 2.74 bits per heavy atom. The third-order valence-electron chi connectivity index (χ3n) is 5.97. The van der Waals surface area contributed by atoms with Crippen molar-refractivity contribution in [3.05, 3.63) is 53.1 Å². The highest BCUT2D eigenvalue weighted by Crippen LogP contribution is 2.44. The molecule has 0 aliphatic carbocycles. The molecule has 1 atom stereocenters. The highest BCUT2D eigenvalue weighted by molar-refractivity contribution is 6.32. The van der Waals surface area contributed by atoms with Crippen molar-refractivity contribution in [1.29, 1.82) is 0 Å². The minimum Gasteiger partial charge on any atom is -0.495 e. The standard InChI is InChI=1S/C23H24ClN3O4/c1-23-12-11-21(29)27(23)18-7-4-3-6-16(18)22(30)26(23)13-5-8-20(28)25-15-9-10-19(31-2)17(24)14-15/h3-4,6-7,9-10,14H,5,8,11-13H2,1-2H3,(H,25,28). The van der Waals surface area contributed by atoms with Gasteiger partial charge in [-0.3, -0.25) is 19.3 Å². The van der Waals surface area contributed by atoms with E-state index in [0.717, 1.165) is 0 Å². The maximum atomic E-state index is 13.2. The summed E-state index contributed by atoms with van der Waals surface area (Å²) >= 11 is 6.10. The van der Waals surface area contributed by atoms with Gasteiger partial charge in [0.2, 0.25) is 11.8 Å². The van der Waals surface area contributed by atoms with E-state index in [-0.39, 0.29) is 24.1 Å². The molecule has 0 aromatic heterocycles. The van der Waals surface area contributed by atoms with Crippen molar-refractivity contribution in [3.63, 3.8) is 0 Å². The fourth-order valence-electron chi connectivity index (χ4n) is 4.41. The number of methoxy groups -OCH3 is 1. The number of halogens is 1. The van der Waals surface area contributed by atoms with Crippen LogP contribution in [0.1, 0.15) is 43.0 Å². The summed E-state index contributed by atoms with van der Waals surface area (Å²) in [6, 6.07) is 12.2. The molecular weight excluding hydrogens is 418 g/mol. The number of rotatable bonds is 6. The van der Waals surface area contributed by atoms with Crippen LogP contribution in [-0.4, -0.2) is 41.9 Å². The third kappa shape index (κ3) is 3.74. The number of amides is 3. The zero-order valence-corrected chi connectivity index (χ0v) is 18.2. The van der Waals surface area contributed by atoms with E-state index in [9.17, 15) is 14.4 Å². The summed E-state index contributed by atoms with van der Waals surface area (Å²) < 4.78 is 5.11. The molecule has 0 bridgehead atoms. The molecule has 2 aliphatic heterocycles. The Balaban J connectivity index is 1.43. The molecule has 0 saturated carbocycles. The Bertz CT molecular complexity index is 1060. The van der Waals surface area contributed by atoms with Gasteiger partial charge in [-0.1, -0.05) is 23.7 Å². The van der Waals surface area contributed by atoms with Crippen molar-refractivity contribution in [3.8, 4) is 5.75 Å². The van der Waals surface area contributed by atoms with Gasteiger partial charge in [-0.25, -0.2) is 0 Å². The third-order valence-corrected chi connectivity index (χ3v) is 6.26. The van der Waals surface area contributed by atoms with Gasteiger partial charge in [0.1, 0.15) is 11.4 Å². The summed E-state index contributed by atoms with van der Waals surface area (Å²) in [7, 11) is 1.53. The van der Waals surface area contributed by atoms with Crippen LogP contribution in [0.2, 0.25) is 5.02 Å². The van der Waals surface area contributed by atoms with Crippen molar-refractivity contribution >= 4 is 40.7 Å². The molecule has 2 aliphatic rings. The summed E-state index contributed by atoms with van der Waals surface area (Å²) in [5, 5.41) is 3.23. The van der Waals surface area contributed by atoms with Gasteiger partial charge in [-0.05, 0) is 50.1 Å². The van der Waals surface area contributed by atoms with Crippen LogP contribution in [-0.2, 0) is 9.59 Å². The van der Waals surface area contributed by atoms with Gasteiger partial charge in [-0.2, -0.15) is 0 Å². The van der Waals surface area contributed by atoms with Gasteiger partial charge >= 0.3 is 0 Å². The number of anilines is 2. The predicted molar refractivity (Wildman–Crippen MR) is 118 cm³/mol. The van der Waals surface area contributed by atoms with E-state index in [2.05, 4.69) is 5.32 Å². The van der Waals surface area contributed by atoms with Crippen molar-refractivity contribution in [2.75, 3.05) is 23.9 Å². The number of fused-ring (bicyclic) bond motifs is 3. The number of nitrogens with one attached hydrogen (secondary N) is 1. The maximum absolute atomic E-state index is 13.2. The number of hydrogen-bond acceptors (Lipinski definition) is 4. The molecule has 1 saturated heterocycles. The van der Waals surface area contributed by atoms with E-state index in [1.165, 1.54) is 7.11 Å². The number of carbonyl (C=O) groups excluding carboxylic acids is 3. The van der Waals surface area contributed by atoms with Gasteiger partial charge in [0, 0.05) is 25.1 Å². The second kappa shape index (κ2) is 8.23. The molecule has 4 rings (SSSR count). The second-order valence-corrected chi connectivity index (χ2v) is 8.33. The number of carbonyl (C=O) groups is 3. The van der Waals surface area contributed by atoms with E-state index in [4.69, 9.17) is 16.3 Å². The minimum absolute atomic E-state index is 0.0153. The van der Waals surface area contributed by atoms with Crippen LogP contribution in [0, 0.1) is 0 Å². The average molecular weight is 442 g/mol. The lowest BCUT2D eigenvalue weighted by atomic mass is 9.98. The summed E-state index contributed by atoms with van der Waals surface area (Å²) in [5.41, 5.74) is 1.07. The van der Waals surface area contributed by atoms with E-state index >= 15 is 0 Å². The molecule has 8 heteroatoms. The number of para-hydroxylation sites is 1. The molecule has 31 heavy (non-hydrogen) atoms. The van der Waals surface area contributed by atoms with E-state index in [0.29, 0.717) is 53.5 Å². The lowest BCUT2D eigenvalue weighted by Gasteiger charge is -2.48. The minimum atomic E-state index is -0.706. The summed E-state index contributed by atoms with van der Waals surface area (Å²) in [6.45, 7) is 2.30. The molecular formula is C23H24ClN3O4. The highest BCUT2D eigenvalue weighted by atomic mass is 35.5. The fraction of sp³-hybridized carbons (Fsp3) is 0.348. The first kappa shape index (κ1) is 21.2. The summed E-state index contributed by atoms with van der Waals surface area (Å²) in [4.78, 5) is 41.7. The van der Waals surface area contributed by atoms with Crippen LogP contribution in [0.5, 0.6) is 5.75 Å². The largest absolute Gasteiger partial charge is 0.495 e. The first-order chi connectivity index (χ1) is 14.8. The Labute approximate surface area is 185 Å². The fourth-order valence-corrected chi connectivity index (χ4v) is 4.66. The Kier molecular flexibility index (Phi) is 5.62. The molecule has 1 fully saturated rings. The van der Waals surface area contributed by atoms with Gasteiger partial charge in [-0.15, -0.1) is 0 Å². The Morgan fingerprint density at radius 1 is 1.23 bits per heavy atom. The zero-order valence-electron chi connectivity index (χ0n) is 17.5. The molecule has 0 spiro atoms. The van der Waals surface area contributed by atoms with Crippen LogP contribution in [0.25, 0.3) is 0 Å². The number of nitrogens with zero attached hydrogens (tertiary/aromatic N) is 2. The van der Waals surface area contributed by atoms with E-state index in [1.54, 1.807) is 40.1 Å². The Hall–Kier alpha value is -3.06. The second-order valence-electron chi connectivity index (χ2n) is 7.92. The van der Waals surface area contributed by atoms with Crippen LogP contribution in [0.3, 0.4) is 0 Å². The zero-order chi connectivity index (χ0) is 22.2. The van der Waals surface area contributed by atoms with E-state index in [1.807, 2.05) is 19.1 Å². The Morgan fingerprint density at radius 2 is 2.00 bits per heavy atom. The summed E-state index contributed by atoms with van der Waals surface area (Å²) in [5.74, 6) is 0.274. The smallest absolute Gasteiger partial charge is 0.257 e. The molecule has 0 radical (unpaired) electrons. The van der Waals surface area contributed by atoms with E-state index < -0.39 is 5.66 Å². The number of benzene rings is 2. The molecule has 1 unspecified atom stereocenters. The first-order valence-electron chi connectivity index (χ1n) is 10.2. The normalized spacial score (nSPS) is 19.8. The molecule has 2 aromatic carbocycles. The predicted octanol–water partition coefficient (Wildman–Crippen LogP) is 4.07. The van der Waals surface area contributed by atoms with Crippen molar-refractivity contribution in [2.24, 2.45) is 0 Å². The monoisotopic (exact) mass is 441 g/mol. The van der Waals surface area contributed by atoms with Crippen LogP contribution >= 0.6 is 11.6 Å². The lowest BCUT2D eigenvalue weighted by Crippen LogP contribution is -2.62. The molecule has 1 N–H and O–H groups in total. The molecule has 2 aromatic rings. The van der Waals surface area contributed by atoms with Crippen molar-refractivity contribution in [2.45, 2.75) is 38.3 Å². The van der Waals surface area contributed by atoms with Gasteiger partial charge in [0.05, 0.1) is 23.4 Å². The summed E-state index contributed by atoms with van der Waals surface area (Å²) in [6.07, 6.45) is 1.68. The molecule has 2 heterocycles. The highest BCUT2D eigenvalue weighted by Gasteiger charge is 2.52. The van der Waals surface area contributed by atoms with Crippen LogP contribution in [0.15, 0.2) is 42.5 Å². The number of hydrogen-bond donors (Lipinski definition) is 1. The SMILES string of the molecule is COc1ccc(NC(=O)CCCN2C(=O)c3ccccc3N3C(=O)CCC23C)cc1Cl. The maximum Gasteiger partial charge on any atom is 0.257 e. The van der Waals surface area contributed by atoms with Crippen molar-refractivity contribution < 1.29 is 19.1 Å². The van der Waals surface area contributed by atoms with Gasteiger partial charge < -0.3 is 15.0 Å². The van der Waals surface area contributed by atoms with Gasteiger partial charge in [0.15, 0.2) is 0 Å². The molecule has 7 nitrogen and oxygen atoms in total. The lowest BCUT2D eigenvalue weighted by molar-refractivity contribution is -0.118. The number of ether oxygens (including phenoxy) is 1. The first-order valence-corrected chi connectivity index (χ1v) is 10.6. The molecule has 162 valence electrons. The van der Waals surface area contributed by atoms with Gasteiger partial charge in [0.25, 0.3) is 5.91 Å². The van der Waals surface area contributed by atoms with Crippen molar-refractivity contribution in [1.82, 2.24) is 4.90 Å². The molecule has 3 amide bonds. The van der Waals surface area contributed by atoms with Crippen LogP contribution in [0.4, 0.5) is 11.4 Å². The average Bonchev–Trinajstić information content (AvgIpc) is 3.06.